The summed E-state index contributed by atoms with van der Waals surface area (Å²) in [6, 6.07) is 4.29. The first kappa shape index (κ1) is 14.5. The van der Waals surface area contributed by atoms with E-state index in [9.17, 15) is 4.79 Å². The molecule has 0 spiro atoms. The number of carbonyl (C=O) groups is 1. The van der Waals surface area contributed by atoms with E-state index in [1.54, 1.807) is 0 Å². The van der Waals surface area contributed by atoms with Crippen LogP contribution >= 0.6 is 11.3 Å². The van der Waals surface area contributed by atoms with Crippen molar-refractivity contribution >= 4 is 17.2 Å². The molecular formula is C15H24N2OS. The van der Waals surface area contributed by atoms with Gasteiger partial charge < -0.3 is 4.90 Å². The number of carbonyl (C=O) groups excluding carboxylic acids is 1. The van der Waals surface area contributed by atoms with Crippen LogP contribution < -0.4 is 0 Å². The lowest BCUT2D eigenvalue weighted by Gasteiger charge is -2.34. The summed E-state index contributed by atoms with van der Waals surface area (Å²) in [7, 11) is 0. The van der Waals surface area contributed by atoms with Crippen molar-refractivity contribution in [2.45, 2.75) is 33.2 Å². The molecule has 1 fully saturated rings. The molecular weight excluding hydrogens is 256 g/mol. The molecule has 4 heteroatoms. The van der Waals surface area contributed by atoms with E-state index in [0.717, 1.165) is 39.1 Å². The Labute approximate surface area is 120 Å². The maximum Gasteiger partial charge on any atom is 0.222 e. The first-order chi connectivity index (χ1) is 9.15. The Balaban J connectivity index is 1.71. The van der Waals surface area contributed by atoms with Crippen LogP contribution in [0.2, 0.25) is 0 Å². The van der Waals surface area contributed by atoms with Crippen molar-refractivity contribution in [1.29, 1.82) is 0 Å². The Kier molecular flexibility index (Phi) is 5.40. The molecule has 1 aliphatic heterocycles. The Bertz CT molecular complexity index is 381. The van der Waals surface area contributed by atoms with Gasteiger partial charge in [0.2, 0.25) is 5.91 Å². The van der Waals surface area contributed by atoms with Crippen molar-refractivity contribution in [2.75, 3.05) is 26.2 Å². The number of amides is 1. The largest absolute Gasteiger partial charge is 0.340 e. The van der Waals surface area contributed by atoms with Crippen molar-refractivity contribution in [3.05, 3.63) is 22.4 Å². The van der Waals surface area contributed by atoms with Gasteiger partial charge in [-0.15, -0.1) is 11.3 Å². The minimum absolute atomic E-state index is 0.337. The second-order valence-electron chi connectivity index (χ2n) is 5.67. The molecule has 19 heavy (non-hydrogen) atoms. The van der Waals surface area contributed by atoms with Crippen LogP contribution in [0.25, 0.3) is 0 Å². The summed E-state index contributed by atoms with van der Waals surface area (Å²) in [6.07, 6.45) is 1.72. The van der Waals surface area contributed by atoms with Gasteiger partial charge in [0, 0.05) is 44.0 Å². The van der Waals surface area contributed by atoms with E-state index in [-0.39, 0.29) is 0 Å². The molecule has 0 atom stereocenters. The summed E-state index contributed by atoms with van der Waals surface area (Å²) >= 11 is 1.81. The van der Waals surface area contributed by atoms with Crippen LogP contribution in [0, 0.1) is 5.92 Å². The topological polar surface area (TPSA) is 23.6 Å². The first-order valence-electron chi connectivity index (χ1n) is 7.17. The van der Waals surface area contributed by atoms with Gasteiger partial charge in [-0.3, -0.25) is 9.69 Å². The van der Waals surface area contributed by atoms with Gasteiger partial charge >= 0.3 is 0 Å². The molecule has 1 aliphatic rings. The Morgan fingerprint density at radius 1 is 1.32 bits per heavy atom. The number of piperazine rings is 1. The third kappa shape index (κ3) is 4.62. The Morgan fingerprint density at radius 3 is 2.63 bits per heavy atom. The van der Waals surface area contributed by atoms with Gasteiger partial charge in [-0.25, -0.2) is 0 Å². The smallest absolute Gasteiger partial charge is 0.222 e. The molecule has 1 aromatic rings. The molecule has 0 N–H and O–H groups in total. The van der Waals surface area contributed by atoms with E-state index < -0.39 is 0 Å². The van der Waals surface area contributed by atoms with Crippen molar-refractivity contribution in [3.63, 3.8) is 0 Å². The van der Waals surface area contributed by atoms with E-state index in [1.165, 1.54) is 4.88 Å². The third-order valence-electron chi connectivity index (χ3n) is 3.62. The van der Waals surface area contributed by atoms with Crippen LogP contribution in [-0.4, -0.2) is 41.9 Å². The molecule has 0 aromatic carbocycles. The first-order valence-corrected chi connectivity index (χ1v) is 8.05. The van der Waals surface area contributed by atoms with E-state index in [4.69, 9.17) is 0 Å². The Hall–Kier alpha value is -0.870. The zero-order chi connectivity index (χ0) is 13.7. The number of hydrogen-bond donors (Lipinski definition) is 0. The predicted octanol–water partition coefficient (Wildman–Crippen LogP) is 2.83. The fourth-order valence-corrected chi connectivity index (χ4v) is 3.09. The van der Waals surface area contributed by atoms with Crippen LogP contribution in [-0.2, 0) is 11.3 Å². The molecule has 1 saturated heterocycles. The number of thiophene rings is 1. The maximum absolute atomic E-state index is 12.0. The minimum atomic E-state index is 0.337. The second kappa shape index (κ2) is 7.06. The fourth-order valence-electron chi connectivity index (χ4n) is 2.35. The zero-order valence-electron chi connectivity index (χ0n) is 12.0. The van der Waals surface area contributed by atoms with Gasteiger partial charge in [0.1, 0.15) is 0 Å². The lowest BCUT2D eigenvalue weighted by Crippen LogP contribution is -2.48. The predicted molar refractivity (Wildman–Crippen MR) is 80.2 cm³/mol. The summed E-state index contributed by atoms with van der Waals surface area (Å²) in [4.78, 5) is 17.9. The van der Waals surface area contributed by atoms with E-state index in [0.29, 0.717) is 18.2 Å². The molecule has 0 aliphatic carbocycles. The molecule has 2 heterocycles. The molecule has 106 valence electrons. The molecule has 0 radical (unpaired) electrons. The van der Waals surface area contributed by atoms with Gasteiger partial charge in [0.25, 0.3) is 0 Å². The molecule has 0 bridgehead atoms. The van der Waals surface area contributed by atoms with Gasteiger partial charge in [0.05, 0.1) is 0 Å². The van der Waals surface area contributed by atoms with E-state index >= 15 is 0 Å². The molecule has 1 amide bonds. The normalized spacial score (nSPS) is 17.1. The summed E-state index contributed by atoms with van der Waals surface area (Å²) in [5, 5.41) is 2.13. The average Bonchev–Trinajstić information content (AvgIpc) is 2.89. The van der Waals surface area contributed by atoms with Crippen LogP contribution in [0.1, 0.15) is 31.6 Å². The van der Waals surface area contributed by atoms with Crippen LogP contribution in [0.5, 0.6) is 0 Å². The maximum atomic E-state index is 12.0. The van der Waals surface area contributed by atoms with Crippen molar-refractivity contribution in [1.82, 2.24) is 9.80 Å². The minimum Gasteiger partial charge on any atom is -0.340 e. The standard InChI is InChI=1S/C15H24N2OS/c1-13(2)5-6-15(18)17-9-7-16(8-10-17)12-14-4-3-11-19-14/h3-4,11,13H,5-10,12H2,1-2H3. The van der Waals surface area contributed by atoms with E-state index in [2.05, 4.69) is 36.3 Å². The van der Waals surface area contributed by atoms with Crippen LogP contribution in [0.4, 0.5) is 0 Å². The Morgan fingerprint density at radius 2 is 2.05 bits per heavy atom. The van der Waals surface area contributed by atoms with E-state index in [1.807, 2.05) is 16.2 Å². The van der Waals surface area contributed by atoms with Crippen molar-refractivity contribution in [2.24, 2.45) is 5.92 Å². The monoisotopic (exact) mass is 280 g/mol. The van der Waals surface area contributed by atoms with Gasteiger partial charge in [-0.05, 0) is 23.8 Å². The second-order valence-corrected chi connectivity index (χ2v) is 6.70. The summed E-state index contributed by atoms with van der Waals surface area (Å²) in [6.45, 7) is 9.17. The third-order valence-corrected chi connectivity index (χ3v) is 4.48. The number of nitrogens with zero attached hydrogens (tertiary/aromatic N) is 2. The molecule has 0 unspecified atom stereocenters. The number of hydrogen-bond acceptors (Lipinski definition) is 3. The highest BCUT2D eigenvalue weighted by atomic mass is 32.1. The highest BCUT2D eigenvalue weighted by Gasteiger charge is 2.20. The molecule has 2 rings (SSSR count). The quantitative estimate of drug-likeness (QED) is 0.828. The fraction of sp³-hybridized carbons (Fsp3) is 0.667. The molecule has 3 nitrogen and oxygen atoms in total. The highest BCUT2D eigenvalue weighted by Crippen LogP contribution is 2.14. The molecule has 0 saturated carbocycles. The molecule has 1 aromatic heterocycles. The number of rotatable bonds is 5. The van der Waals surface area contributed by atoms with Gasteiger partial charge in [-0.1, -0.05) is 19.9 Å². The van der Waals surface area contributed by atoms with Crippen molar-refractivity contribution in [3.8, 4) is 0 Å². The van der Waals surface area contributed by atoms with Crippen LogP contribution in [0.15, 0.2) is 17.5 Å². The summed E-state index contributed by atoms with van der Waals surface area (Å²) < 4.78 is 0. The zero-order valence-corrected chi connectivity index (χ0v) is 12.8. The summed E-state index contributed by atoms with van der Waals surface area (Å²) in [5.74, 6) is 0.952. The van der Waals surface area contributed by atoms with Gasteiger partial charge in [-0.2, -0.15) is 0 Å². The summed E-state index contributed by atoms with van der Waals surface area (Å²) in [5.41, 5.74) is 0. The lowest BCUT2D eigenvalue weighted by molar-refractivity contribution is -0.133. The SMILES string of the molecule is CC(C)CCC(=O)N1CCN(Cc2cccs2)CC1. The highest BCUT2D eigenvalue weighted by molar-refractivity contribution is 7.09. The van der Waals surface area contributed by atoms with Crippen LogP contribution in [0.3, 0.4) is 0 Å². The lowest BCUT2D eigenvalue weighted by atomic mass is 10.1. The van der Waals surface area contributed by atoms with Crippen molar-refractivity contribution < 1.29 is 4.79 Å². The van der Waals surface area contributed by atoms with Gasteiger partial charge in [0.15, 0.2) is 0 Å². The average molecular weight is 280 g/mol.